The number of carboxylic acid groups (broad SMARTS) is 1. The van der Waals surface area contributed by atoms with Crippen LogP contribution in [0.15, 0.2) is 65.3 Å². The normalized spacial score (nSPS) is 11.7. The monoisotopic (exact) mass is 483 g/mol. The molecular formula is C27H24F3NO4. The number of hydrogen-bond donors (Lipinski definition) is 2. The maximum absolute atomic E-state index is 13.7. The first-order valence-corrected chi connectivity index (χ1v) is 11.1. The lowest BCUT2D eigenvalue weighted by Crippen LogP contribution is -2.06. The van der Waals surface area contributed by atoms with Gasteiger partial charge in [-0.05, 0) is 52.9 Å². The van der Waals surface area contributed by atoms with Crippen LogP contribution >= 0.6 is 0 Å². The zero-order valence-corrected chi connectivity index (χ0v) is 19.0. The number of carbonyl (C=O) groups is 1. The molecule has 35 heavy (non-hydrogen) atoms. The fourth-order valence-electron chi connectivity index (χ4n) is 4.00. The third kappa shape index (κ3) is 5.33. The highest BCUT2D eigenvalue weighted by Gasteiger charge is 2.35. The summed E-state index contributed by atoms with van der Waals surface area (Å²) in [5.74, 6) is -0.613. The molecular weight excluding hydrogens is 459 g/mol. The smallest absolute Gasteiger partial charge is 0.420 e. The van der Waals surface area contributed by atoms with E-state index in [0.717, 1.165) is 23.8 Å². The maximum atomic E-state index is 13.7. The molecule has 4 aromatic rings. The number of furan rings is 1. The molecule has 3 N–H and O–H groups in total. The van der Waals surface area contributed by atoms with Crippen molar-refractivity contribution < 1.29 is 32.2 Å². The molecule has 0 bridgehead atoms. The molecule has 0 spiro atoms. The van der Waals surface area contributed by atoms with E-state index in [1.54, 1.807) is 30.3 Å². The molecule has 5 nitrogen and oxygen atoms in total. The lowest BCUT2D eigenvalue weighted by atomic mass is 9.97. The Morgan fingerprint density at radius 3 is 2.54 bits per heavy atom. The first-order valence-electron chi connectivity index (χ1n) is 11.1. The number of halogens is 3. The molecule has 0 unspecified atom stereocenters. The van der Waals surface area contributed by atoms with Gasteiger partial charge in [0.2, 0.25) is 0 Å². The average molecular weight is 483 g/mol. The number of fused-ring (bicyclic) bond motifs is 1. The highest BCUT2D eigenvalue weighted by molar-refractivity contribution is 5.95. The molecule has 0 aliphatic rings. The van der Waals surface area contributed by atoms with Gasteiger partial charge in [-0.25, -0.2) is 0 Å². The van der Waals surface area contributed by atoms with Crippen LogP contribution in [-0.2, 0) is 37.0 Å². The van der Waals surface area contributed by atoms with Gasteiger partial charge in [-0.15, -0.1) is 0 Å². The number of ether oxygens (including phenoxy) is 1. The summed E-state index contributed by atoms with van der Waals surface area (Å²) in [5.41, 5.74) is 8.92. The van der Waals surface area contributed by atoms with E-state index in [4.69, 9.17) is 14.9 Å². The fourth-order valence-corrected chi connectivity index (χ4v) is 4.00. The summed E-state index contributed by atoms with van der Waals surface area (Å²) in [4.78, 5) is 11.3. The minimum atomic E-state index is -4.59. The molecule has 182 valence electrons. The Morgan fingerprint density at radius 1 is 1.06 bits per heavy atom. The van der Waals surface area contributed by atoms with Crippen LogP contribution in [0.1, 0.15) is 34.7 Å². The molecule has 0 aliphatic heterocycles. The summed E-state index contributed by atoms with van der Waals surface area (Å²) in [5, 5.41) is 9.16. The molecule has 1 aromatic heterocycles. The SMILES string of the molecule is CCc1ccc(CC(=O)O)c(OCc2cc(-c3cccc(CN)c3)c3occ(C(F)(F)F)c3c2)c1. The second-order valence-electron chi connectivity index (χ2n) is 8.23. The van der Waals surface area contributed by atoms with Crippen molar-refractivity contribution in [1.29, 1.82) is 0 Å². The van der Waals surface area contributed by atoms with Crippen LogP contribution in [0.3, 0.4) is 0 Å². The second kappa shape index (κ2) is 9.84. The molecule has 0 amide bonds. The molecule has 8 heteroatoms. The molecule has 0 atom stereocenters. The van der Waals surface area contributed by atoms with Crippen LogP contribution < -0.4 is 10.5 Å². The van der Waals surface area contributed by atoms with Crippen molar-refractivity contribution in [2.45, 2.75) is 39.1 Å². The Balaban J connectivity index is 1.79. The Kier molecular flexibility index (Phi) is 6.84. The highest BCUT2D eigenvalue weighted by Crippen LogP contribution is 2.40. The highest BCUT2D eigenvalue weighted by atomic mass is 19.4. The molecule has 0 saturated heterocycles. The van der Waals surface area contributed by atoms with E-state index in [1.165, 1.54) is 6.07 Å². The number of alkyl halides is 3. The van der Waals surface area contributed by atoms with Gasteiger partial charge in [0.05, 0.1) is 6.42 Å². The number of nitrogens with two attached hydrogens (primary N) is 1. The van der Waals surface area contributed by atoms with E-state index in [0.29, 0.717) is 28.0 Å². The first-order chi connectivity index (χ1) is 16.7. The predicted octanol–water partition coefficient (Wildman–Crippen LogP) is 6.35. The fraction of sp³-hybridized carbons (Fsp3) is 0.222. The van der Waals surface area contributed by atoms with E-state index < -0.39 is 17.7 Å². The molecule has 4 rings (SSSR count). The lowest BCUT2D eigenvalue weighted by Gasteiger charge is -2.14. The molecule has 3 aromatic carbocycles. The third-order valence-electron chi connectivity index (χ3n) is 5.79. The second-order valence-corrected chi connectivity index (χ2v) is 8.23. The number of rotatable bonds is 8. The van der Waals surface area contributed by atoms with Crippen molar-refractivity contribution in [3.63, 3.8) is 0 Å². The summed E-state index contributed by atoms with van der Waals surface area (Å²) >= 11 is 0. The van der Waals surface area contributed by atoms with Crippen molar-refractivity contribution in [2.75, 3.05) is 0 Å². The van der Waals surface area contributed by atoms with E-state index in [9.17, 15) is 23.1 Å². The summed E-state index contributed by atoms with van der Waals surface area (Å²) < 4.78 is 52.4. The van der Waals surface area contributed by atoms with Gasteiger partial charge >= 0.3 is 12.1 Å². The Labute approximate surface area is 199 Å². The Hall–Kier alpha value is -3.78. The number of aliphatic carboxylic acids is 1. The lowest BCUT2D eigenvalue weighted by molar-refractivity contribution is -0.137. The Bertz CT molecular complexity index is 1370. The standard InChI is InChI=1S/C27H24F3NO4/c1-2-16-6-7-20(12-25(32)33)24(11-16)34-14-18-9-21(19-5-3-4-17(8-19)13-31)26-22(10-18)23(15-35-26)27(28,29)30/h3-11,15H,2,12-14,31H2,1H3,(H,32,33). The number of benzene rings is 3. The van der Waals surface area contributed by atoms with Crippen LogP contribution in [0.2, 0.25) is 0 Å². The van der Waals surface area contributed by atoms with E-state index in [1.807, 2.05) is 25.1 Å². The van der Waals surface area contributed by atoms with Gasteiger partial charge in [0, 0.05) is 23.1 Å². The van der Waals surface area contributed by atoms with Gasteiger partial charge in [-0.1, -0.05) is 37.3 Å². The molecule has 0 fully saturated rings. The van der Waals surface area contributed by atoms with E-state index in [2.05, 4.69) is 0 Å². The van der Waals surface area contributed by atoms with Crippen LogP contribution in [0, 0.1) is 0 Å². The summed E-state index contributed by atoms with van der Waals surface area (Å²) in [6.45, 7) is 2.19. The zero-order chi connectivity index (χ0) is 25.2. The number of hydrogen-bond acceptors (Lipinski definition) is 4. The van der Waals surface area contributed by atoms with Crippen LogP contribution in [0.4, 0.5) is 13.2 Å². The van der Waals surface area contributed by atoms with Crippen molar-refractivity contribution in [3.05, 3.63) is 88.7 Å². The zero-order valence-electron chi connectivity index (χ0n) is 19.0. The van der Waals surface area contributed by atoms with Gasteiger partial charge < -0.3 is 20.0 Å². The quantitative estimate of drug-likeness (QED) is 0.305. The van der Waals surface area contributed by atoms with Gasteiger partial charge in [-0.2, -0.15) is 13.2 Å². The molecule has 1 heterocycles. The van der Waals surface area contributed by atoms with Crippen LogP contribution in [0.5, 0.6) is 5.75 Å². The number of carboxylic acids is 1. The molecule has 0 saturated carbocycles. The maximum Gasteiger partial charge on any atom is 0.420 e. The predicted molar refractivity (Wildman–Crippen MR) is 126 cm³/mol. The first kappa shape index (κ1) is 24.3. The number of aryl methyl sites for hydroxylation is 1. The van der Waals surface area contributed by atoms with Crippen LogP contribution in [0.25, 0.3) is 22.1 Å². The van der Waals surface area contributed by atoms with Crippen molar-refractivity contribution in [1.82, 2.24) is 0 Å². The van der Waals surface area contributed by atoms with E-state index >= 15 is 0 Å². The Morgan fingerprint density at radius 2 is 1.86 bits per heavy atom. The van der Waals surface area contributed by atoms with Gasteiger partial charge in [0.15, 0.2) is 0 Å². The summed E-state index contributed by atoms with van der Waals surface area (Å²) in [6.07, 6.45) is -3.37. The largest absolute Gasteiger partial charge is 0.489 e. The third-order valence-corrected chi connectivity index (χ3v) is 5.79. The topological polar surface area (TPSA) is 85.7 Å². The van der Waals surface area contributed by atoms with Gasteiger partial charge in [0.25, 0.3) is 0 Å². The van der Waals surface area contributed by atoms with Crippen molar-refractivity contribution in [2.24, 2.45) is 5.73 Å². The van der Waals surface area contributed by atoms with E-state index in [-0.39, 0.29) is 30.5 Å². The minimum absolute atomic E-state index is 0.0538. The average Bonchev–Trinajstić information content (AvgIpc) is 3.27. The van der Waals surface area contributed by atoms with Gasteiger partial charge in [0.1, 0.15) is 29.8 Å². The molecule has 0 aliphatic carbocycles. The summed E-state index contributed by atoms with van der Waals surface area (Å²) in [6, 6.07) is 15.6. The van der Waals surface area contributed by atoms with Gasteiger partial charge in [-0.3, -0.25) is 4.79 Å². The minimum Gasteiger partial charge on any atom is -0.489 e. The summed E-state index contributed by atoms with van der Waals surface area (Å²) in [7, 11) is 0. The molecule has 0 radical (unpaired) electrons. The van der Waals surface area contributed by atoms with Crippen molar-refractivity contribution in [3.8, 4) is 16.9 Å². The van der Waals surface area contributed by atoms with Crippen molar-refractivity contribution >= 4 is 16.9 Å². The van der Waals surface area contributed by atoms with Crippen LogP contribution in [-0.4, -0.2) is 11.1 Å².